The van der Waals surface area contributed by atoms with Crippen LogP contribution >= 0.6 is 0 Å². The minimum Gasteiger partial charge on any atom is -0.273 e. The van der Waals surface area contributed by atoms with E-state index in [1.807, 2.05) is 12.2 Å². The first-order valence-electron chi connectivity index (χ1n) is 3.35. The van der Waals surface area contributed by atoms with Crippen molar-refractivity contribution in [2.24, 2.45) is 0 Å². The normalized spacial score (nSPS) is 9.33. The largest absolute Gasteiger partial charge is 3.00 e. The van der Waals surface area contributed by atoms with Crippen LogP contribution in [0.2, 0.25) is 0 Å². The maximum absolute atomic E-state index is 3.25. The van der Waals surface area contributed by atoms with E-state index in [9.17, 15) is 0 Å². The molecule has 0 saturated heterocycles. The zero-order valence-electron chi connectivity index (χ0n) is 7.42. The Morgan fingerprint density at radius 1 is 1.25 bits per heavy atom. The van der Waals surface area contributed by atoms with Crippen LogP contribution in [-0.2, 0) is 0 Å². The Balaban J connectivity index is -0.000000104. The molecule has 63 valence electrons. The molecule has 1 aliphatic rings. The van der Waals surface area contributed by atoms with Crippen molar-refractivity contribution in [1.82, 2.24) is 0 Å². The molecule has 0 saturated carbocycles. The van der Waals surface area contributed by atoms with Crippen LogP contribution in [0.5, 0.6) is 0 Å². The van der Waals surface area contributed by atoms with Crippen LogP contribution in [0.15, 0.2) is 43.5 Å². The summed E-state index contributed by atoms with van der Waals surface area (Å²) in [6.45, 7) is 13.0. The Morgan fingerprint density at radius 2 is 1.67 bits per heavy atom. The van der Waals surface area contributed by atoms with Crippen LogP contribution in [0, 0.1) is 60.8 Å². The van der Waals surface area contributed by atoms with E-state index in [0.717, 1.165) is 6.42 Å². The molecule has 0 aromatic carbocycles. The standard InChI is InChI=1S/C5H5.2C3H5.Nd/c1-2-4-5-3-1;2*1-3-2;/h1-3H,4H2;2*3H,1-2H2;/q3*-1;+3. The minimum absolute atomic E-state index is 0. The van der Waals surface area contributed by atoms with Gasteiger partial charge < -0.3 is 0 Å². The molecule has 0 unspecified atom stereocenters. The molecule has 0 amide bonds. The van der Waals surface area contributed by atoms with Crippen molar-refractivity contribution < 1.29 is 40.8 Å². The molecule has 0 heterocycles. The molecule has 0 aromatic rings. The Hall–Kier alpha value is 0.0506. The average Bonchev–Trinajstić information content (AvgIpc) is 2.44. The molecule has 0 spiro atoms. The quantitative estimate of drug-likeness (QED) is 0.601. The topological polar surface area (TPSA) is 0 Å². The van der Waals surface area contributed by atoms with Gasteiger partial charge in [0.25, 0.3) is 0 Å². The van der Waals surface area contributed by atoms with Gasteiger partial charge in [-0.2, -0.15) is 6.08 Å². The summed E-state index contributed by atoms with van der Waals surface area (Å²) in [4.78, 5) is 0. The Morgan fingerprint density at radius 3 is 1.75 bits per heavy atom. The van der Waals surface area contributed by atoms with Gasteiger partial charge in [0.2, 0.25) is 0 Å². The van der Waals surface area contributed by atoms with Crippen LogP contribution in [0.25, 0.3) is 0 Å². The number of rotatable bonds is 0. The van der Waals surface area contributed by atoms with Gasteiger partial charge >= 0.3 is 40.8 Å². The molecule has 0 atom stereocenters. The monoisotopic (exact) mass is 289 g/mol. The Bertz CT molecular complexity index is 116. The fraction of sp³-hybridized carbons (Fsp3) is 0.0909. The molecule has 0 bridgehead atoms. The van der Waals surface area contributed by atoms with Crippen molar-refractivity contribution in [2.45, 2.75) is 6.42 Å². The van der Waals surface area contributed by atoms with E-state index in [0.29, 0.717) is 0 Å². The molecule has 1 radical (unpaired) electrons. The van der Waals surface area contributed by atoms with Gasteiger partial charge in [-0.05, 0) is 0 Å². The van der Waals surface area contributed by atoms with Crippen molar-refractivity contribution in [2.75, 3.05) is 0 Å². The summed E-state index contributed by atoms with van der Waals surface area (Å²) in [7, 11) is 0. The third-order valence-corrected chi connectivity index (χ3v) is 0.586. The van der Waals surface area contributed by atoms with Crippen molar-refractivity contribution in [3.05, 3.63) is 63.5 Å². The third kappa shape index (κ3) is 32.3. The molecule has 0 N–H and O–H groups in total. The van der Waals surface area contributed by atoms with Crippen LogP contribution in [0.4, 0.5) is 0 Å². The van der Waals surface area contributed by atoms with Gasteiger partial charge in [-0.1, -0.05) is 0 Å². The fourth-order valence-corrected chi connectivity index (χ4v) is 0.340. The second kappa shape index (κ2) is 22.5. The number of hydrogen-bond donors (Lipinski definition) is 0. The van der Waals surface area contributed by atoms with Gasteiger partial charge in [0.15, 0.2) is 0 Å². The molecule has 1 rings (SSSR count). The molecule has 1 heteroatoms. The number of allylic oxidation sites excluding steroid dienone is 6. The summed E-state index contributed by atoms with van der Waals surface area (Å²) in [5, 5.41) is 0. The molecule has 0 aromatic heterocycles. The molecule has 0 aliphatic heterocycles. The first-order chi connectivity index (χ1) is 5.33. The van der Waals surface area contributed by atoms with Crippen molar-refractivity contribution in [3.63, 3.8) is 0 Å². The van der Waals surface area contributed by atoms with Crippen molar-refractivity contribution in [3.8, 4) is 0 Å². The summed E-state index contributed by atoms with van der Waals surface area (Å²) in [6.07, 6.45) is 13.0. The number of hydrogen-bond acceptors (Lipinski definition) is 0. The zero-order chi connectivity index (χ0) is 8.95. The first kappa shape index (κ1) is 18.0. The van der Waals surface area contributed by atoms with Gasteiger partial charge in [-0.3, -0.25) is 6.08 Å². The fourth-order valence-electron chi connectivity index (χ4n) is 0.340. The summed E-state index contributed by atoms with van der Waals surface area (Å²) in [5.74, 6) is 0. The smallest absolute Gasteiger partial charge is 0.273 e. The predicted molar refractivity (Wildman–Crippen MR) is 52.7 cm³/mol. The van der Waals surface area contributed by atoms with E-state index in [-0.39, 0.29) is 40.8 Å². The second-order valence-electron chi connectivity index (χ2n) is 1.58. The molecule has 1 aliphatic carbocycles. The van der Waals surface area contributed by atoms with E-state index in [2.05, 4.69) is 39.2 Å². The summed E-state index contributed by atoms with van der Waals surface area (Å²) in [6, 6.07) is 0. The predicted octanol–water partition coefficient (Wildman–Crippen LogP) is 3.32. The van der Waals surface area contributed by atoms with Crippen LogP contribution in [-0.4, -0.2) is 0 Å². The SMILES string of the molecule is C=C[CH2-].C=C[CH2-].[C-]1=CC=CC1.[Nd+3]. The van der Waals surface area contributed by atoms with Gasteiger partial charge in [0, 0.05) is 0 Å². The van der Waals surface area contributed by atoms with E-state index in [1.54, 1.807) is 0 Å². The molecular weight excluding hydrogens is 276 g/mol. The van der Waals surface area contributed by atoms with Crippen molar-refractivity contribution >= 4 is 0 Å². The van der Waals surface area contributed by atoms with Gasteiger partial charge in [-0.15, -0.1) is 6.42 Å². The van der Waals surface area contributed by atoms with E-state index >= 15 is 0 Å². The van der Waals surface area contributed by atoms with Crippen LogP contribution in [0.3, 0.4) is 0 Å². The minimum atomic E-state index is 0. The first-order valence-corrected chi connectivity index (χ1v) is 3.35. The Labute approximate surface area is 110 Å². The van der Waals surface area contributed by atoms with E-state index < -0.39 is 0 Å². The Kier molecular flexibility index (Phi) is 33.6. The van der Waals surface area contributed by atoms with Gasteiger partial charge in [0.05, 0.1) is 0 Å². The zero-order valence-corrected chi connectivity index (χ0v) is 10.6. The molecular formula is C11H15Nd. The summed E-state index contributed by atoms with van der Waals surface area (Å²) < 4.78 is 0. The average molecular weight is 291 g/mol. The molecule has 0 fully saturated rings. The molecule has 12 heavy (non-hydrogen) atoms. The summed E-state index contributed by atoms with van der Waals surface area (Å²) in [5.41, 5.74) is 0. The third-order valence-electron chi connectivity index (χ3n) is 0.586. The summed E-state index contributed by atoms with van der Waals surface area (Å²) >= 11 is 0. The van der Waals surface area contributed by atoms with E-state index in [4.69, 9.17) is 0 Å². The maximum atomic E-state index is 3.25. The van der Waals surface area contributed by atoms with Crippen LogP contribution < -0.4 is 0 Å². The van der Waals surface area contributed by atoms with Crippen LogP contribution in [0.1, 0.15) is 6.42 Å². The van der Waals surface area contributed by atoms with Gasteiger partial charge in [0.1, 0.15) is 0 Å². The molecule has 0 nitrogen and oxygen atoms in total. The van der Waals surface area contributed by atoms with E-state index in [1.165, 1.54) is 12.2 Å². The second-order valence-corrected chi connectivity index (χ2v) is 1.58. The van der Waals surface area contributed by atoms with Gasteiger partial charge in [-0.25, -0.2) is 51.3 Å². The van der Waals surface area contributed by atoms with Crippen molar-refractivity contribution in [1.29, 1.82) is 0 Å². The maximum Gasteiger partial charge on any atom is 3.00 e.